The van der Waals surface area contributed by atoms with Crippen LogP contribution in [0.4, 0.5) is 0 Å². The van der Waals surface area contributed by atoms with E-state index in [0.29, 0.717) is 12.0 Å². The summed E-state index contributed by atoms with van der Waals surface area (Å²) in [6, 6.07) is 1.33. The van der Waals surface area contributed by atoms with Gasteiger partial charge in [-0.25, -0.2) is 0 Å². The zero-order valence-electron chi connectivity index (χ0n) is 17.0. The molecular formula is C22H26O6. The molecule has 0 unspecified atom stereocenters. The van der Waals surface area contributed by atoms with Crippen LogP contribution in [0.5, 0.6) is 11.5 Å². The Morgan fingerprint density at radius 1 is 1.32 bits per heavy atom. The summed E-state index contributed by atoms with van der Waals surface area (Å²) in [5, 5.41) is 20.7. The average molecular weight is 386 g/mol. The maximum Gasteiger partial charge on any atom is 0.228 e. The normalized spacial score (nSPS) is 24.5. The number of benzene rings is 1. The van der Waals surface area contributed by atoms with E-state index in [-0.39, 0.29) is 45.8 Å². The number of methoxy groups -OCH3 is 1. The fourth-order valence-electron chi connectivity index (χ4n) is 3.92. The van der Waals surface area contributed by atoms with E-state index in [4.69, 9.17) is 9.47 Å². The third-order valence-corrected chi connectivity index (χ3v) is 5.65. The maximum atomic E-state index is 13.0. The standard InChI is InChI=1S/C22H26O6/c1-11-17(24)15-13(18(25)19(11)27-6)10-14(23)16-20(15)28-12(2)22(16,5)9-7-8-21(3,4)26/h7-8,10,12,23,26H,9H2,1-6H3/b8-7+/t12-,22-/m1/s1. The average Bonchev–Trinajstić information content (AvgIpc) is 2.84. The van der Waals surface area contributed by atoms with Crippen LogP contribution in [-0.4, -0.2) is 40.6 Å². The van der Waals surface area contributed by atoms with Crippen LogP contribution in [0.2, 0.25) is 0 Å². The summed E-state index contributed by atoms with van der Waals surface area (Å²) in [5.41, 5.74) is -0.585. The molecule has 1 aliphatic heterocycles. The van der Waals surface area contributed by atoms with E-state index >= 15 is 0 Å². The number of allylic oxidation sites excluding steroid dienone is 3. The Morgan fingerprint density at radius 2 is 1.96 bits per heavy atom. The van der Waals surface area contributed by atoms with E-state index in [1.165, 1.54) is 13.2 Å². The molecule has 3 rings (SSSR count). The molecule has 0 bridgehead atoms. The highest BCUT2D eigenvalue weighted by Gasteiger charge is 2.48. The second-order valence-corrected chi connectivity index (χ2v) is 8.28. The van der Waals surface area contributed by atoms with E-state index in [1.807, 2.05) is 19.9 Å². The van der Waals surface area contributed by atoms with Gasteiger partial charge in [0.15, 0.2) is 11.5 Å². The van der Waals surface area contributed by atoms with Crippen molar-refractivity contribution in [3.8, 4) is 11.5 Å². The first-order valence-electron chi connectivity index (χ1n) is 9.23. The largest absolute Gasteiger partial charge is 0.507 e. The SMILES string of the molecule is COC1=C(C)C(=O)c2c(cc(O)c3c2O[C@H](C)[C@@]3(C)C/C=C/C(C)(C)O)C1=O. The summed E-state index contributed by atoms with van der Waals surface area (Å²) in [7, 11) is 1.34. The molecule has 0 aromatic heterocycles. The van der Waals surface area contributed by atoms with Crippen LogP contribution in [-0.2, 0) is 10.2 Å². The quantitative estimate of drug-likeness (QED) is 0.770. The van der Waals surface area contributed by atoms with Crippen molar-refractivity contribution in [2.45, 2.75) is 58.2 Å². The number of fused-ring (bicyclic) bond motifs is 3. The van der Waals surface area contributed by atoms with Gasteiger partial charge in [-0.15, -0.1) is 0 Å². The van der Waals surface area contributed by atoms with Crippen molar-refractivity contribution in [1.29, 1.82) is 0 Å². The van der Waals surface area contributed by atoms with Gasteiger partial charge in [0, 0.05) is 22.1 Å². The lowest BCUT2D eigenvalue weighted by Gasteiger charge is -2.28. The summed E-state index contributed by atoms with van der Waals surface area (Å²) in [6.45, 7) is 8.69. The number of aliphatic hydroxyl groups is 1. The molecule has 1 aromatic carbocycles. The first-order valence-corrected chi connectivity index (χ1v) is 9.23. The first kappa shape index (κ1) is 20.1. The molecule has 0 saturated heterocycles. The predicted molar refractivity (Wildman–Crippen MR) is 104 cm³/mol. The fourth-order valence-corrected chi connectivity index (χ4v) is 3.92. The summed E-state index contributed by atoms with van der Waals surface area (Å²) in [6.07, 6.45) is 3.67. The third kappa shape index (κ3) is 2.92. The van der Waals surface area contributed by atoms with Crippen LogP contribution in [0.3, 0.4) is 0 Å². The Balaban J connectivity index is 2.17. The molecule has 0 spiro atoms. The number of hydrogen-bond donors (Lipinski definition) is 2. The summed E-state index contributed by atoms with van der Waals surface area (Å²) in [4.78, 5) is 25.7. The number of rotatable bonds is 4. The smallest absolute Gasteiger partial charge is 0.228 e. The van der Waals surface area contributed by atoms with Gasteiger partial charge in [0.25, 0.3) is 0 Å². The van der Waals surface area contributed by atoms with Crippen LogP contribution in [0.1, 0.15) is 67.3 Å². The minimum atomic E-state index is -0.958. The van der Waals surface area contributed by atoms with Crippen LogP contribution in [0.25, 0.3) is 0 Å². The fraction of sp³-hybridized carbons (Fsp3) is 0.455. The maximum absolute atomic E-state index is 13.0. The Labute approximate surface area is 164 Å². The molecule has 0 radical (unpaired) electrons. The summed E-state index contributed by atoms with van der Waals surface area (Å²) < 4.78 is 11.1. The van der Waals surface area contributed by atoms with Gasteiger partial charge in [-0.2, -0.15) is 0 Å². The van der Waals surface area contributed by atoms with E-state index < -0.39 is 16.8 Å². The van der Waals surface area contributed by atoms with Crippen LogP contribution >= 0.6 is 0 Å². The van der Waals surface area contributed by atoms with Gasteiger partial charge in [0.2, 0.25) is 5.78 Å². The second kappa shape index (κ2) is 6.48. The van der Waals surface area contributed by atoms with Gasteiger partial charge in [0.05, 0.1) is 18.3 Å². The van der Waals surface area contributed by atoms with Crippen molar-refractivity contribution in [2.75, 3.05) is 7.11 Å². The lowest BCUT2D eigenvalue weighted by Crippen LogP contribution is -2.32. The second-order valence-electron chi connectivity index (χ2n) is 8.28. The van der Waals surface area contributed by atoms with Crippen LogP contribution < -0.4 is 4.74 Å². The van der Waals surface area contributed by atoms with Gasteiger partial charge >= 0.3 is 0 Å². The lowest BCUT2D eigenvalue weighted by molar-refractivity contribution is 0.0902. The number of carbonyl (C=O) groups excluding carboxylic acids is 2. The number of Topliss-reactive ketones (excluding diaryl/α,β-unsaturated/α-hetero) is 2. The number of hydrogen-bond acceptors (Lipinski definition) is 6. The van der Waals surface area contributed by atoms with E-state index in [0.717, 1.165) is 0 Å². The molecule has 2 aliphatic rings. The van der Waals surface area contributed by atoms with Gasteiger partial charge in [0.1, 0.15) is 17.6 Å². The van der Waals surface area contributed by atoms with Gasteiger partial charge < -0.3 is 19.7 Å². The van der Waals surface area contributed by atoms with Crippen LogP contribution in [0, 0.1) is 0 Å². The van der Waals surface area contributed by atoms with Gasteiger partial charge in [-0.1, -0.05) is 19.1 Å². The molecule has 150 valence electrons. The zero-order valence-corrected chi connectivity index (χ0v) is 17.0. The molecule has 1 aliphatic carbocycles. The third-order valence-electron chi connectivity index (χ3n) is 5.65. The van der Waals surface area contributed by atoms with E-state index in [9.17, 15) is 19.8 Å². The van der Waals surface area contributed by atoms with Crippen molar-refractivity contribution in [3.63, 3.8) is 0 Å². The Kier molecular flexibility index (Phi) is 4.66. The van der Waals surface area contributed by atoms with Crippen molar-refractivity contribution in [3.05, 3.63) is 46.2 Å². The monoisotopic (exact) mass is 386 g/mol. The van der Waals surface area contributed by atoms with E-state index in [2.05, 4.69) is 0 Å². The molecule has 0 saturated carbocycles. The molecule has 0 amide bonds. The molecule has 0 fully saturated rings. The zero-order chi connectivity index (χ0) is 21.0. The number of ether oxygens (including phenoxy) is 2. The Bertz CT molecular complexity index is 931. The molecule has 6 heteroatoms. The Morgan fingerprint density at radius 3 is 2.54 bits per heavy atom. The molecular weight excluding hydrogens is 360 g/mol. The molecule has 2 atom stereocenters. The minimum Gasteiger partial charge on any atom is -0.507 e. The molecule has 1 aromatic rings. The van der Waals surface area contributed by atoms with Gasteiger partial charge in [-0.3, -0.25) is 9.59 Å². The highest BCUT2D eigenvalue weighted by atomic mass is 16.5. The highest BCUT2D eigenvalue weighted by Crippen LogP contribution is 2.53. The Hall–Kier alpha value is -2.60. The number of ketones is 2. The van der Waals surface area contributed by atoms with Crippen LogP contribution in [0.15, 0.2) is 29.6 Å². The van der Waals surface area contributed by atoms with Gasteiger partial charge in [-0.05, 0) is 40.2 Å². The predicted octanol–water partition coefficient (Wildman–Crippen LogP) is 3.45. The number of carbonyl (C=O) groups is 2. The van der Waals surface area contributed by atoms with Crippen molar-refractivity contribution < 1.29 is 29.3 Å². The molecule has 2 N–H and O–H groups in total. The molecule has 6 nitrogen and oxygen atoms in total. The highest BCUT2D eigenvalue weighted by molar-refractivity contribution is 6.27. The van der Waals surface area contributed by atoms with Crippen molar-refractivity contribution >= 4 is 11.6 Å². The molecule has 28 heavy (non-hydrogen) atoms. The number of aromatic hydroxyl groups is 1. The number of phenolic OH excluding ortho intramolecular Hbond substituents is 1. The summed E-state index contributed by atoms with van der Waals surface area (Å²) in [5.74, 6) is -0.632. The van der Waals surface area contributed by atoms with E-state index in [1.54, 1.807) is 26.8 Å². The van der Waals surface area contributed by atoms with Crippen molar-refractivity contribution in [2.24, 2.45) is 0 Å². The minimum absolute atomic E-state index is 0.0150. The first-order chi connectivity index (χ1) is 12.9. The molecule has 1 heterocycles. The lowest BCUT2D eigenvalue weighted by atomic mass is 9.74. The summed E-state index contributed by atoms with van der Waals surface area (Å²) >= 11 is 0. The topological polar surface area (TPSA) is 93.1 Å². The number of phenols is 1. The van der Waals surface area contributed by atoms with Crippen molar-refractivity contribution in [1.82, 2.24) is 0 Å².